The number of cyclic esters (lactones) is 1. The van der Waals surface area contributed by atoms with Crippen molar-refractivity contribution in [2.45, 2.75) is 31.7 Å². The number of carbonyl (C=O) groups is 2. The van der Waals surface area contributed by atoms with E-state index in [9.17, 15) is 14.9 Å². The Morgan fingerprint density at radius 2 is 2.03 bits per heavy atom. The van der Waals surface area contributed by atoms with E-state index in [1.807, 2.05) is 37.5 Å². The van der Waals surface area contributed by atoms with Gasteiger partial charge in [0.2, 0.25) is 5.91 Å². The Kier molecular flexibility index (Phi) is 3.42. The van der Waals surface area contributed by atoms with Gasteiger partial charge in [0, 0.05) is 33.0 Å². The summed E-state index contributed by atoms with van der Waals surface area (Å²) in [5, 5.41) is 16.1. The predicted molar refractivity (Wildman–Crippen MR) is 109 cm³/mol. The molecule has 29 heavy (non-hydrogen) atoms. The van der Waals surface area contributed by atoms with Crippen molar-refractivity contribution in [3.8, 4) is 6.07 Å². The lowest BCUT2D eigenvalue weighted by molar-refractivity contribution is -0.137. The highest BCUT2D eigenvalue weighted by Gasteiger charge is 2.61. The van der Waals surface area contributed by atoms with Gasteiger partial charge < -0.3 is 19.9 Å². The van der Waals surface area contributed by atoms with Crippen LogP contribution in [0.2, 0.25) is 0 Å². The van der Waals surface area contributed by atoms with Crippen LogP contribution in [0.25, 0.3) is 0 Å². The highest BCUT2D eigenvalue weighted by atomic mass is 79.9. The van der Waals surface area contributed by atoms with Crippen molar-refractivity contribution in [3.63, 3.8) is 0 Å². The Hall–Kier alpha value is -3.05. The van der Waals surface area contributed by atoms with Crippen molar-refractivity contribution in [2.24, 2.45) is 0 Å². The Morgan fingerprint density at radius 3 is 2.72 bits per heavy atom. The van der Waals surface area contributed by atoms with E-state index < -0.39 is 11.4 Å². The molecule has 146 valence electrons. The van der Waals surface area contributed by atoms with Gasteiger partial charge in [0.1, 0.15) is 23.9 Å². The van der Waals surface area contributed by atoms with Gasteiger partial charge in [0.15, 0.2) is 0 Å². The molecule has 2 N–H and O–H groups in total. The van der Waals surface area contributed by atoms with Crippen LogP contribution in [0.5, 0.6) is 0 Å². The summed E-state index contributed by atoms with van der Waals surface area (Å²) in [6.45, 7) is 6.11. The number of hydrogen-bond donors (Lipinski definition) is 2. The number of halogens is 1. The third-order valence-electron chi connectivity index (χ3n) is 5.70. The zero-order chi connectivity index (χ0) is 20.7. The molecule has 0 fully saturated rings. The molecule has 7 nitrogen and oxygen atoms in total. The van der Waals surface area contributed by atoms with Gasteiger partial charge in [-0.25, -0.2) is 4.79 Å². The van der Waals surface area contributed by atoms with Crippen LogP contribution < -0.4 is 10.6 Å². The van der Waals surface area contributed by atoms with Crippen LogP contribution in [-0.4, -0.2) is 23.1 Å². The molecule has 0 radical (unpaired) electrons. The second-order valence-corrected chi connectivity index (χ2v) is 9.28. The fourth-order valence-electron chi connectivity index (χ4n) is 4.54. The number of ether oxygens (including phenoxy) is 1. The van der Waals surface area contributed by atoms with E-state index in [0.29, 0.717) is 33.9 Å². The Labute approximate surface area is 175 Å². The molecular formula is C21H17BrN4O3. The fraction of sp³-hybridized carbons (Fsp3) is 0.286. The molecule has 0 bridgehead atoms. The summed E-state index contributed by atoms with van der Waals surface area (Å²) in [5.74, 6) is -0.273. The smallest absolute Gasteiger partial charge is 0.338 e. The van der Waals surface area contributed by atoms with Crippen molar-refractivity contribution < 1.29 is 14.3 Å². The van der Waals surface area contributed by atoms with E-state index >= 15 is 0 Å². The molecule has 1 aromatic carbocycles. The van der Waals surface area contributed by atoms with Crippen LogP contribution in [0.15, 0.2) is 40.1 Å². The van der Waals surface area contributed by atoms with Crippen LogP contribution in [-0.2, 0) is 25.3 Å². The molecule has 1 aromatic heterocycles. The average molecular weight is 453 g/mol. The Bertz CT molecular complexity index is 1210. The molecule has 1 atom stereocenters. The number of aromatic nitrogens is 1. The number of esters is 1. The van der Waals surface area contributed by atoms with Crippen LogP contribution in [0, 0.1) is 11.3 Å². The summed E-state index contributed by atoms with van der Waals surface area (Å²) in [6, 6.07) is 7.68. The maximum atomic E-state index is 13.6. The number of fused-ring (bicyclic) bond motifs is 5. The lowest BCUT2D eigenvalue weighted by Gasteiger charge is -2.35. The van der Waals surface area contributed by atoms with Crippen LogP contribution in [0.3, 0.4) is 0 Å². The van der Waals surface area contributed by atoms with Crippen molar-refractivity contribution in [1.82, 2.24) is 4.57 Å². The predicted octanol–water partition coefficient (Wildman–Crippen LogP) is 3.35. The highest BCUT2D eigenvalue weighted by molar-refractivity contribution is 9.10. The maximum absolute atomic E-state index is 13.6. The standard InChI is InChI=1S/C21H17BrN4O3/c1-20(2,3)26-8-10(7-23)15-17(26)24-14-9-29-18(27)16(14)21(15)12-6-11(22)4-5-13(12)25-19(21)28/h4-6,8,24H,9H2,1-3H3,(H,25,28)/t21-/m1/s1. The quantitative estimate of drug-likeness (QED) is 0.597. The van der Waals surface area contributed by atoms with E-state index in [1.165, 1.54) is 0 Å². The topological polar surface area (TPSA) is 96.2 Å². The minimum Gasteiger partial charge on any atom is -0.456 e. The number of amides is 1. The molecule has 8 heteroatoms. The van der Waals surface area contributed by atoms with Crippen LogP contribution in [0.4, 0.5) is 11.5 Å². The first-order valence-corrected chi connectivity index (χ1v) is 9.94. The molecule has 4 heterocycles. The normalized spacial score (nSPS) is 21.9. The van der Waals surface area contributed by atoms with Gasteiger partial charge in [-0.3, -0.25) is 4.79 Å². The molecule has 0 saturated carbocycles. The summed E-state index contributed by atoms with van der Waals surface area (Å²) < 4.78 is 8.04. The highest BCUT2D eigenvalue weighted by Crippen LogP contribution is 2.56. The Morgan fingerprint density at radius 1 is 1.28 bits per heavy atom. The van der Waals surface area contributed by atoms with Crippen molar-refractivity contribution in [1.29, 1.82) is 5.26 Å². The summed E-state index contributed by atoms with van der Waals surface area (Å²) in [6.07, 6.45) is 1.75. The molecule has 5 rings (SSSR count). The second kappa shape index (κ2) is 5.51. The molecule has 2 aromatic rings. The number of carbonyl (C=O) groups excluding carboxylic acids is 2. The largest absolute Gasteiger partial charge is 0.456 e. The maximum Gasteiger partial charge on any atom is 0.338 e. The first-order valence-electron chi connectivity index (χ1n) is 9.15. The zero-order valence-corrected chi connectivity index (χ0v) is 17.6. The zero-order valence-electron chi connectivity index (χ0n) is 16.0. The van der Waals surface area contributed by atoms with Gasteiger partial charge in [-0.05, 0) is 39.0 Å². The van der Waals surface area contributed by atoms with Crippen LogP contribution in [0.1, 0.15) is 37.5 Å². The number of anilines is 2. The lowest BCUT2D eigenvalue weighted by atomic mass is 9.67. The van der Waals surface area contributed by atoms with Gasteiger partial charge in [-0.15, -0.1) is 0 Å². The minimum atomic E-state index is -1.44. The molecular weight excluding hydrogens is 436 g/mol. The lowest BCUT2D eigenvalue weighted by Crippen LogP contribution is -2.44. The average Bonchev–Trinajstić information content (AvgIpc) is 3.29. The second-order valence-electron chi connectivity index (χ2n) is 8.37. The fourth-order valence-corrected chi connectivity index (χ4v) is 4.91. The number of rotatable bonds is 0. The summed E-state index contributed by atoms with van der Waals surface area (Å²) >= 11 is 3.48. The third-order valence-corrected chi connectivity index (χ3v) is 6.19. The monoisotopic (exact) mass is 452 g/mol. The first-order chi connectivity index (χ1) is 13.7. The molecule has 1 amide bonds. The van der Waals surface area contributed by atoms with E-state index in [4.69, 9.17) is 4.74 Å². The minimum absolute atomic E-state index is 0.0587. The van der Waals surface area contributed by atoms with E-state index in [2.05, 4.69) is 32.6 Å². The van der Waals surface area contributed by atoms with E-state index in [-0.39, 0.29) is 23.6 Å². The summed E-state index contributed by atoms with van der Waals surface area (Å²) in [7, 11) is 0. The third kappa shape index (κ3) is 2.11. The van der Waals surface area contributed by atoms with E-state index in [0.717, 1.165) is 4.47 Å². The number of benzene rings is 1. The molecule has 3 aliphatic rings. The van der Waals surface area contributed by atoms with Crippen LogP contribution >= 0.6 is 15.9 Å². The van der Waals surface area contributed by atoms with Crippen molar-refractivity contribution >= 4 is 39.3 Å². The Balaban J connectivity index is 1.97. The van der Waals surface area contributed by atoms with E-state index in [1.54, 1.807) is 12.3 Å². The number of nitrogens with one attached hydrogen (secondary N) is 2. The van der Waals surface area contributed by atoms with Gasteiger partial charge in [-0.2, -0.15) is 5.26 Å². The van der Waals surface area contributed by atoms with Gasteiger partial charge in [0.05, 0.1) is 16.8 Å². The van der Waals surface area contributed by atoms with Gasteiger partial charge >= 0.3 is 5.97 Å². The molecule has 1 spiro atoms. The van der Waals surface area contributed by atoms with Gasteiger partial charge in [-0.1, -0.05) is 15.9 Å². The molecule has 0 unspecified atom stereocenters. The number of nitrogens with zero attached hydrogens (tertiary/aromatic N) is 2. The summed E-state index contributed by atoms with van der Waals surface area (Å²) in [4.78, 5) is 26.4. The van der Waals surface area contributed by atoms with Crippen molar-refractivity contribution in [3.05, 3.63) is 56.8 Å². The SMILES string of the molecule is CC(C)(C)n1cc(C#N)c2c1NC1=C(C(=O)OC1)[C@]21C(=O)Nc2ccc(Br)cc21. The molecule has 0 saturated heterocycles. The van der Waals surface area contributed by atoms with Crippen molar-refractivity contribution in [2.75, 3.05) is 17.2 Å². The van der Waals surface area contributed by atoms with Gasteiger partial charge in [0.25, 0.3) is 0 Å². The number of nitriles is 1. The molecule has 0 aliphatic carbocycles. The molecule has 3 aliphatic heterocycles. The first kappa shape index (κ1) is 18.0. The number of hydrogen-bond acceptors (Lipinski definition) is 5. The summed E-state index contributed by atoms with van der Waals surface area (Å²) in [5.41, 5.74) is 1.09.